The van der Waals surface area contributed by atoms with Crippen molar-refractivity contribution in [2.45, 2.75) is 82.8 Å². The number of carboxylic acids is 2. The monoisotopic (exact) mass is 531 g/mol. The quantitative estimate of drug-likeness (QED) is 0.294. The molecule has 0 radical (unpaired) electrons. The number of carboxylic acid groups (broad SMARTS) is 2. The lowest BCUT2D eigenvalue weighted by molar-refractivity contribution is -0.896. The number of aryl methyl sites for hydroxylation is 1. The van der Waals surface area contributed by atoms with Crippen molar-refractivity contribution in [3.63, 3.8) is 0 Å². The average Bonchev–Trinajstić information content (AvgIpc) is 2.79. The number of aliphatic carboxylic acids is 2. The van der Waals surface area contributed by atoms with Gasteiger partial charge < -0.3 is 30.1 Å². The van der Waals surface area contributed by atoms with Crippen LogP contribution < -0.4 is 15.7 Å². The Morgan fingerprint density at radius 1 is 1.00 bits per heavy atom. The lowest BCUT2D eigenvalue weighted by Gasteiger charge is -2.44. The predicted molar refractivity (Wildman–Crippen MR) is 133 cm³/mol. The smallest absolute Gasteiger partial charge is 0.430 e. The topological polar surface area (TPSA) is 119 Å². The van der Waals surface area contributed by atoms with E-state index in [1.54, 1.807) is 0 Å². The van der Waals surface area contributed by atoms with Gasteiger partial charge in [0.05, 0.1) is 39.1 Å². The molecule has 1 aliphatic rings. The number of hydrogen-bond acceptors (Lipinski definition) is 4. The number of hydrogen-bond donors (Lipinski definition) is 3. The van der Waals surface area contributed by atoms with Crippen molar-refractivity contribution in [1.82, 2.24) is 5.32 Å². The van der Waals surface area contributed by atoms with Gasteiger partial charge in [0.25, 0.3) is 0 Å². The number of alkyl halides is 3. The summed E-state index contributed by atoms with van der Waals surface area (Å²) in [5, 5.41) is 24.0. The Bertz CT molecular complexity index is 863. The van der Waals surface area contributed by atoms with Crippen molar-refractivity contribution in [3.8, 4) is 0 Å². The number of rotatable bonds is 11. The van der Waals surface area contributed by atoms with Crippen LogP contribution >= 0.6 is 0 Å². The third-order valence-corrected chi connectivity index (χ3v) is 6.52. The van der Waals surface area contributed by atoms with Crippen LogP contribution in [-0.2, 0) is 16.0 Å². The second kappa shape index (κ2) is 14.8. The summed E-state index contributed by atoms with van der Waals surface area (Å²) >= 11 is 0. The standard InChI is InChI=1S/C24H39N3O3.C2HF3O2/c1-4-5-6-7-8-9-10-20-11-13-21(14-12-20)25-23(30)26-24(19-22(28)29)15-17-27(2,3)18-16-24;3-2(4,5)1(6)7/h11-14H,4-10,15-19H2,1-3H3,(H2-,25,26,28,29,30);(H,6,7). The first-order valence-corrected chi connectivity index (χ1v) is 12.7. The first-order valence-electron chi connectivity index (χ1n) is 12.7. The van der Waals surface area contributed by atoms with E-state index in [9.17, 15) is 27.9 Å². The summed E-state index contributed by atoms with van der Waals surface area (Å²) in [7, 11) is 4.27. The molecule has 0 bridgehead atoms. The molecule has 2 amide bonds. The lowest BCUT2D eigenvalue weighted by Crippen LogP contribution is -2.60. The third kappa shape index (κ3) is 13.3. The van der Waals surface area contributed by atoms with Gasteiger partial charge in [-0.25, -0.2) is 4.79 Å². The molecule has 0 unspecified atom stereocenters. The number of carbonyl (C=O) groups excluding carboxylic acids is 2. The second-order valence-electron chi connectivity index (χ2n) is 10.3. The van der Waals surface area contributed by atoms with Crippen LogP contribution in [0.25, 0.3) is 0 Å². The number of likely N-dealkylation sites (tertiary alicyclic amines) is 1. The van der Waals surface area contributed by atoms with Crippen LogP contribution in [0.15, 0.2) is 24.3 Å². The minimum Gasteiger partial charge on any atom is -0.542 e. The number of piperidine rings is 1. The fraction of sp³-hybridized carbons (Fsp3) is 0.654. The molecular formula is C26H40F3N3O5. The Morgan fingerprint density at radius 3 is 2.00 bits per heavy atom. The SMILES string of the molecule is CCCCCCCCc1ccc(NC(=O)NC2(CC(=O)O)CC[N+](C)(C)CC2)cc1.O=C([O-])C(F)(F)F. The number of nitrogens with zero attached hydrogens (tertiary/aromatic N) is 1. The summed E-state index contributed by atoms with van der Waals surface area (Å²) in [6.45, 7) is 3.93. The molecule has 210 valence electrons. The Hall–Kier alpha value is -2.82. The van der Waals surface area contributed by atoms with Gasteiger partial charge in [-0.15, -0.1) is 0 Å². The fourth-order valence-corrected chi connectivity index (χ4v) is 4.17. The van der Waals surface area contributed by atoms with Crippen molar-refractivity contribution in [1.29, 1.82) is 0 Å². The van der Waals surface area contributed by atoms with Crippen molar-refractivity contribution in [3.05, 3.63) is 29.8 Å². The highest BCUT2D eigenvalue weighted by Gasteiger charge is 2.41. The van der Waals surface area contributed by atoms with E-state index in [0.29, 0.717) is 12.8 Å². The number of benzene rings is 1. The fourth-order valence-electron chi connectivity index (χ4n) is 4.17. The maximum atomic E-state index is 12.6. The number of urea groups is 1. The van der Waals surface area contributed by atoms with Gasteiger partial charge in [0.1, 0.15) is 5.97 Å². The number of quaternary nitrogens is 1. The highest BCUT2D eigenvalue weighted by atomic mass is 19.4. The van der Waals surface area contributed by atoms with Crippen LogP contribution in [0.5, 0.6) is 0 Å². The van der Waals surface area contributed by atoms with E-state index in [2.05, 4.69) is 43.8 Å². The molecule has 3 N–H and O–H groups in total. The summed E-state index contributed by atoms with van der Waals surface area (Å²) in [6, 6.07) is 7.66. The van der Waals surface area contributed by atoms with Crippen molar-refractivity contribution < 1.29 is 42.3 Å². The molecule has 1 heterocycles. The van der Waals surface area contributed by atoms with Gasteiger partial charge >= 0.3 is 18.2 Å². The highest BCUT2D eigenvalue weighted by Crippen LogP contribution is 2.28. The zero-order valence-electron chi connectivity index (χ0n) is 22.0. The molecule has 1 aromatic rings. The largest absolute Gasteiger partial charge is 0.542 e. The summed E-state index contributed by atoms with van der Waals surface area (Å²) in [5.74, 6) is -3.88. The molecule has 0 saturated carbocycles. The number of anilines is 1. The van der Waals surface area contributed by atoms with Crippen LogP contribution in [0, 0.1) is 0 Å². The van der Waals surface area contributed by atoms with Gasteiger partial charge in [0, 0.05) is 18.5 Å². The highest BCUT2D eigenvalue weighted by molar-refractivity contribution is 5.90. The van der Waals surface area contributed by atoms with Gasteiger partial charge in [-0.3, -0.25) is 4.79 Å². The summed E-state index contributed by atoms with van der Waals surface area (Å²) in [4.78, 5) is 32.8. The van der Waals surface area contributed by atoms with E-state index in [1.165, 1.54) is 44.1 Å². The van der Waals surface area contributed by atoms with Crippen LogP contribution in [-0.4, -0.2) is 66.5 Å². The molecule has 1 saturated heterocycles. The zero-order valence-corrected chi connectivity index (χ0v) is 22.0. The minimum atomic E-state index is -5.19. The molecule has 11 heteroatoms. The number of carbonyl (C=O) groups is 3. The van der Waals surface area contributed by atoms with Crippen LogP contribution in [0.3, 0.4) is 0 Å². The molecule has 1 aliphatic heterocycles. The van der Waals surface area contributed by atoms with Crippen molar-refractivity contribution in [2.24, 2.45) is 0 Å². The van der Waals surface area contributed by atoms with Crippen LogP contribution in [0.2, 0.25) is 0 Å². The number of unbranched alkanes of at least 4 members (excludes halogenated alkanes) is 5. The average molecular weight is 532 g/mol. The van der Waals surface area contributed by atoms with Gasteiger partial charge in [-0.1, -0.05) is 51.2 Å². The number of halogens is 3. The number of amides is 2. The summed E-state index contributed by atoms with van der Waals surface area (Å²) in [5.41, 5.74) is 1.34. The van der Waals surface area contributed by atoms with E-state index in [-0.39, 0.29) is 12.5 Å². The van der Waals surface area contributed by atoms with E-state index in [1.807, 2.05) is 12.1 Å². The third-order valence-electron chi connectivity index (χ3n) is 6.52. The molecule has 0 aromatic heterocycles. The zero-order chi connectivity index (χ0) is 28.1. The molecule has 0 spiro atoms. The van der Waals surface area contributed by atoms with Gasteiger partial charge in [-0.05, 0) is 30.5 Å². The number of nitrogens with one attached hydrogen (secondary N) is 2. The first kappa shape index (κ1) is 32.2. The van der Waals surface area contributed by atoms with Crippen molar-refractivity contribution >= 4 is 23.7 Å². The van der Waals surface area contributed by atoms with Crippen molar-refractivity contribution in [2.75, 3.05) is 32.5 Å². The molecule has 37 heavy (non-hydrogen) atoms. The first-order chi connectivity index (χ1) is 17.2. The lowest BCUT2D eigenvalue weighted by atomic mass is 9.83. The molecule has 0 atom stereocenters. The molecule has 2 rings (SSSR count). The van der Waals surface area contributed by atoms with E-state index >= 15 is 0 Å². The van der Waals surface area contributed by atoms with E-state index in [0.717, 1.165) is 29.7 Å². The maximum absolute atomic E-state index is 12.6. The Kier molecular flexibility index (Phi) is 12.9. The minimum absolute atomic E-state index is 0.0440. The molecular weight excluding hydrogens is 491 g/mol. The molecule has 0 aliphatic carbocycles. The molecule has 1 aromatic carbocycles. The second-order valence-corrected chi connectivity index (χ2v) is 10.3. The van der Waals surface area contributed by atoms with Gasteiger partial charge in [0.2, 0.25) is 0 Å². The molecule has 8 nitrogen and oxygen atoms in total. The maximum Gasteiger partial charge on any atom is 0.430 e. The molecule has 1 fully saturated rings. The van der Waals surface area contributed by atoms with E-state index in [4.69, 9.17) is 9.90 Å². The van der Waals surface area contributed by atoms with Crippen LogP contribution in [0.1, 0.15) is 70.3 Å². The van der Waals surface area contributed by atoms with Crippen LogP contribution in [0.4, 0.5) is 23.7 Å². The predicted octanol–water partition coefficient (Wildman–Crippen LogP) is 4.09. The van der Waals surface area contributed by atoms with Gasteiger partial charge in [0.15, 0.2) is 0 Å². The Morgan fingerprint density at radius 2 is 1.51 bits per heavy atom. The van der Waals surface area contributed by atoms with E-state index < -0.39 is 23.7 Å². The Balaban J connectivity index is 0.000000856. The van der Waals surface area contributed by atoms with Gasteiger partial charge in [-0.2, -0.15) is 13.2 Å². The normalized spacial score (nSPS) is 16.2. The Labute approximate surface area is 216 Å². The summed E-state index contributed by atoms with van der Waals surface area (Å²) in [6.07, 6.45) is 4.85. The summed E-state index contributed by atoms with van der Waals surface area (Å²) < 4.78 is 32.4.